The van der Waals surface area contributed by atoms with Gasteiger partial charge in [-0.3, -0.25) is 0 Å². The third-order valence-electron chi connectivity index (χ3n) is 5.37. The normalized spacial score (nSPS) is 18.3. The van der Waals surface area contributed by atoms with Crippen molar-refractivity contribution >= 4 is 33.2 Å². The molecule has 0 N–H and O–H groups in total. The highest BCUT2D eigenvalue weighted by atomic mass is 35.5. The fourth-order valence-electron chi connectivity index (χ4n) is 3.76. The van der Waals surface area contributed by atoms with Gasteiger partial charge >= 0.3 is 5.97 Å². The van der Waals surface area contributed by atoms with E-state index in [0.29, 0.717) is 16.1 Å². The highest BCUT2D eigenvalue weighted by molar-refractivity contribution is 7.95. The number of carbonyl (C=O) groups is 1. The molecule has 4 rings (SSSR count). The van der Waals surface area contributed by atoms with E-state index in [0.717, 1.165) is 5.56 Å². The third kappa shape index (κ3) is 4.04. The molecule has 0 aromatic heterocycles. The van der Waals surface area contributed by atoms with E-state index >= 15 is 0 Å². The van der Waals surface area contributed by atoms with Crippen LogP contribution < -0.4 is 0 Å². The van der Waals surface area contributed by atoms with E-state index in [-0.39, 0.29) is 15.6 Å². The zero-order valence-electron chi connectivity index (χ0n) is 17.5. The van der Waals surface area contributed by atoms with Crippen molar-refractivity contribution in [3.63, 3.8) is 0 Å². The van der Waals surface area contributed by atoms with Crippen molar-refractivity contribution in [1.82, 2.24) is 0 Å². The minimum absolute atomic E-state index is 0.0188. The van der Waals surface area contributed by atoms with Gasteiger partial charge in [-0.1, -0.05) is 71.8 Å². The molecular formula is C25H21ClO5S. The summed E-state index contributed by atoms with van der Waals surface area (Å²) in [7, 11) is -2.77. The molecule has 0 spiro atoms. The number of aryl methyl sites for hydroxylation is 1. The van der Waals surface area contributed by atoms with Gasteiger partial charge in [0.25, 0.3) is 0 Å². The van der Waals surface area contributed by atoms with Crippen LogP contribution in [-0.4, -0.2) is 27.6 Å². The summed E-state index contributed by atoms with van der Waals surface area (Å²) in [6.07, 6.45) is -1.16. The van der Waals surface area contributed by atoms with E-state index < -0.39 is 27.8 Å². The summed E-state index contributed by atoms with van der Waals surface area (Å²) in [4.78, 5) is 12.8. The number of methoxy groups -OCH3 is 1. The average molecular weight is 469 g/mol. The van der Waals surface area contributed by atoms with Crippen LogP contribution >= 0.6 is 11.6 Å². The third-order valence-corrected chi connectivity index (χ3v) is 7.54. The number of sulfone groups is 1. The highest BCUT2D eigenvalue weighted by Crippen LogP contribution is 2.48. The molecule has 164 valence electrons. The lowest BCUT2D eigenvalue weighted by Gasteiger charge is -2.20. The Bertz CT molecular complexity index is 1260. The van der Waals surface area contributed by atoms with Gasteiger partial charge in [-0.05, 0) is 36.8 Å². The van der Waals surface area contributed by atoms with Crippen LogP contribution in [0, 0.1) is 6.92 Å². The number of carbonyl (C=O) groups excluding carboxylic acids is 1. The summed E-state index contributed by atoms with van der Waals surface area (Å²) in [5.41, 5.74) is 2.08. The van der Waals surface area contributed by atoms with Crippen molar-refractivity contribution in [3.05, 3.63) is 105 Å². The maximum atomic E-state index is 13.9. The van der Waals surface area contributed by atoms with Gasteiger partial charge in [0.1, 0.15) is 10.7 Å². The van der Waals surface area contributed by atoms with Crippen LogP contribution in [0.5, 0.6) is 0 Å². The topological polar surface area (TPSA) is 69.7 Å². The second kappa shape index (κ2) is 8.81. The molecule has 0 saturated carbocycles. The number of hydrogen-bond acceptors (Lipinski definition) is 5. The highest BCUT2D eigenvalue weighted by Gasteiger charge is 2.48. The first-order valence-corrected chi connectivity index (χ1v) is 11.8. The quantitative estimate of drug-likeness (QED) is 0.484. The summed E-state index contributed by atoms with van der Waals surface area (Å²) in [5, 5.41) is 0.498. The summed E-state index contributed by atoms with van der Waals surface area (Å²) in [6, 6.07) is 22.2. The van der Waals surface area contributed by atoms with Crippen molar-refractivity contribution in [1.29, 1.82) is 0 Å². The Balaban J connectivity index is 1.99. The minimum Gasteiger partial charge on any atom is -0.476 e. The molecule has 32 heavy (non-hydrogen) atoms. The molecule has 3 aromatic carbocycles. The Morgan fingerprint density at radius 1 is 0.938 bits per heavy atom. The van der Waals surface area contributed by atoms with Crippen LogP contribution in [0.2, 0.25) is 5.02 Å². The summed E-state index contributed by atoms with van der Waals surface area (Å²) in [5.74, 6) is -1.42. The lowest BCUT2D eigenvalue weighted by atomic mass is 9.93. The fourth-order valence-corrected chi connectivity index (χ4v) is 5.64. The fraction of sp³-hybridized carbons (Fsp3) is 0.160. The minimum atomic E-state index is -4.02. The van der Waals surface area contributed by atoms with Crippen molar-refractivity contribution in [2.24, 2.45) is 0 Å². The molecule has 5 nitrogen and oxygen atoms in total. The lowest BCUT2D eigenvalue weighted by Crippen LogP contribution is -2.29. The number of ether oxygens (including phenoxy) is 2. The molecular weight excluding hydrogens is 448 g/mol. The molecule has 1 aliphatic rings. The Hall–Kier alpha value is -3.09. The molecule has 0 amide bonds. The van der Waals surface area contributed by atoms with Crippen LogP contribution in [0.15, 0.2) is 88.7 Å². The molecule has 7 heteroatoms. The molecule has 0 bridgehead atoms. The molecule has 3 aromatic rings. The van der Waals surface area contributed by atoms with Gasteiger partial charge in [-0.15, -0.1) is 0 Å². The van der Waals surface area contributed by atoms with Gasteiger partial charge in [-0.2, -0.15) is 0 Å². The zero-order valence-corrected chi connectivity index (χ0v) is 19.1. The molecule has 0 radical (unpaired) electrons. The maximum Gasteiger partial charge on any atom is 0.348 e. The maximum absolute atomic E-state index is 13.9. The van der Waals surface area contributed by atoms with Crippen molar-refractivity contribution in [2.45, 2.75) is 23.8 Å². The smallest absolute Gasteiger partial charge is 0.348 e. The van der Waals surface area contributed by atoms with E-state index in [1.165, 1.54) is 7.11 Å². The second-order valence-corrected chi connectivity index (χ2v) is 9.82. The van der Waals surface area contributed by atoms with Crippen LogP contribution in [0.25, 0.3) is 5.76 Å². The molecule has 0 fully saturated rings. The summed E-state index contributed by atoms with van der Waals surface area (Å²) < 4.78 is 38.8. The van der Waals surface area contributed by atoms with Gasteiger partial charge in [0.2, 0.25) is 15.9 Å². The molecule has 0 aliphatic carbocycles. The second-order valence-electron chi connectivity index (χ2n) is 7.47. The van der Waals surface area contributed by atoms with Crippen LogP contribution in [-0.2, 0) is 24.1 Å². The SMILES string of the molecule is COC(=O)[C@H]1OC(c2ccccc2)=C(S(=O)(=O)c2ccc(C)cc2)[C@@H]1c1ccc(Cl)cc1. The number of rotatable bonds is 5. The zero-order chi connectivity index (χ0) is 22.9. The number of benzene rings is 3. The molecule has 0 unspecified atom stereocenters. The predicted molar refractivity (Wildman–Crippen MR) is 123 cm³/mol. The number of esters is 1. The standard InChI is InChI=1S/C25H21ClO5S/c1-16-8-14-20(15-9-16)32(28,29)24-21(17-10-12-19(26)13-11-17)23(25(27)30-2)31-22(24)18-6-4-3-5-7-18/h3-15,21,23H,1-2H3/t21-,23+/m1/s1. The Morgan fingerprint density at radius 2 is 1.56 bits per heavy atom. The Kier molecular flexibility index (Phi) is 6.09. The Morgan fingerprint density at radius 3 is 2.16 bits per heavy atom. The van der Waals surface area contributed by atoms with Gasteiger partial charge in [-0.25, -0.2) is 13.2 Å². The molecule has 1 heterocycles. The first-order valence-electron chi connectivity index (χ1n) is 9.94. The number of halogens is 1. The first kappa shape index (κ1) is 22.1. The monoisotopic (exact) mass is 468 g/mol. The average Bonchev–Trinajstić information content (AvgIpc) is 3.21. The van der Waals surface area contributed by atoms with Crippen LogP contribution in [0.3, 0.4) is 0 Å². The largest absolute Gasteiger partial charge is 0.476 e. The van der Waals surface area contributed by atoms with E-state index in [2.05, 4.69) is 0 Å². The molecule has 2 atom stereocenters. The number of hydrogen-bond donors (Lipinski definition) is 0. The lowest BCUT2D eigenvalue weighted by molar-refractivity contribution is -0.149. The van der Waals surface area contributed by atoms with Gasteiger partial charge in [0.15, 0.2) is 0 Å². The molecule has 0 saturated heterocycles. The summed E-state index contributed by atoms with van der Waals surface area (Å²) in [6.45, 7) is 1.88. The van der Waals surface area contributed by atoms with Crippen molar-refractivity contribution in [2.75, 3.05) is 7.11 Å². The Labute approximate surface area is 192 Å². The first-order chi connectivity index (χ1) is 15.3. The van der Waals surface area contributed by atoms with Gasteiger partial charge < -0.3 is 9.47 Å². The van der Waals surface area contributed by atoms with Crippen LogP contribution in [0.4, 0.5) is 0 Å². The summed E-state index contributed by atoms with van der Waals surface area (Å²) >= 11 is 6.05. The van der Waals surface area contributed by atoms with E-state index in [1.54, 1.807) is 72.8 Å². The van der Waals surface area contributed by atoms with E-state index in [9.17, 15) is 13.2 Å². The van der Waals surface area contributed by atoms with Crippen molar-refractivity contribution in [3.8, 4) is 0 Å². The van der Waals surface area contributed by atoms with Crippen molar-refractivity contribution < 1.29 is 22.7 Å². The van der Waals surface area contributed by atoms with E-state index in [1.807, 2.05) is 13.0 Å². The van der Waals surface area contributed by atoms with Crippen LogP contribution in [0.1, 0.15) is 22.6 Å². The predicted octanol–water partition coefficient (Wildman–Crippen LogP) is 5.15. The van der Waals surface area contributed by atoms with E-state index in [4.69, 9.17) is 21.1 Å². The van der Waals surface area contributed by atoms with Gasteiger partial charge in [0.05, 0.1) is 17.9 Å². The van der Waals surface area contributed by atoms with Gasteiger partial charge in [0, 0.05) is 10.6 Å². The molecule has 1 aliphatic heterocycles.